The Morgan fingerprint density at radius 2 is 1.88 bits per heavy atom. The van der Waals surface area contributed by atoms with E-state index < -0.39 is 0 Å². The predicted octanol–water partition coefficient (Wildman–Crippen LogP) is 4.88. The van der Waals surface area contributed by atoms with Crippen LogP contribution in [0.15, 0.2) is 23.8 Å². The van der Waals surface area contributed by atoms with E-state index in [0.717, 1.165) is 6.42 Å². The lowest BCUT2D eigenvalue weighted by Crippen LogP contribution is -2.21. The molecule has 0 N–H and O–H groups in total. The lowest BCUT2D eigenvalue weighted by atomic mass is 9.88. The maximum Gasteiger partial charge on any atom is 0.0817 e. The van der Waals surface area contributed by atoms with Crippen molar-refractivity contribution >= 4 is 0 Å². The van der Waals surface area contributed by atoms with Gasteiger partial charge in [-0.2, -0.15) is 0 Å². The molecule has 1 rings (SSSR count). The fraction of sp³-hybridized carbons (Fsp3) is 0.750. The average molecular weight is 236 g/mol. The normalized spacial score (nSPS) is 23.8. The van der Waals surface area contributed by atoms with Gasteiger partial charge in [0.2, 0.25) is 0 Å². The molecule has 0 amide bonds. The minimum absolute atomic E-state index is 0.302. The highest BCUT2D eigenvalue weighted by atomic mass is 16.5. The van der Waals surface area contributed by atoms with Gasteiger partial charge in [-0.3, -0.25) is 0 Å². The lowest BCUT2D eigenvalue weighted by Gasteiger charge is -2.25. The van der Waals surface area contributed by atoms with Crippen molar-refractivity contribution in [2.75, 3.05) is 7.11 Å². The molecule has 0 bridgehead atoms. The van der Waals surface area contributed by atoms with E-state index >= 15 is 0 Å². The first-order chi connectivity index (χ1) is 8.31. The number of allylic oxidation sites excluding steroid dienone is 2. The largest absolute Gasteiger partial charge is 0.377 e. The Bertz CT molecular complexity index is 252. The number of hydrogen-bond acceptors (Lipinski definition) is 1. The van der Waals surface area contributed by atoms with E-state index in [4.69, 9.17) is 4.74 Å². The molecule has 1 aliphatic rings. The van der Waals surface area contributed by atoms with E-state index in [1.165, 1.54) is 44.1 Å². The standard InChI is InChI=1S/C16H28O/c1-4-6-7-8-9-10-15-13-14(5-2)11-12-16(15)17-3/h11-13,15-16H,4-10H2,1-3H3/t15-,16?/m1/s1. The second-order valence-corrected chi connectivity index (χ2v) is 5.02. The summed E-state index contributed by atoms with van der Waals surface area (Å²) >= 11 is 0. The Labute approximate surface area is 107 Å². The Hall–Kier alpha value is -0.560. The van der Waals surface area contributed by atoms with Crippen LogP contribution in [0.25, 0.3) is 0 Å². The maximum absolute atomic E-state index is 5.54. The van der Waals surface area contributed by atoms with E-state index in [1.54, 1.807) is 0 Å². The first kappa shape index (κ1) is 14.5. The van der Waals surface area contributed by atoms with E-state index in [2.05, 4.69) is 32.1 Å². The van der Waals surface area contributed by atoms with Gasteiger partial charge in [-0.25, -0.2) is 0 Å². The first-order valence-corrected chi connectivity index (χ1v) is 7.23. The second-order valence-electron chi connectivity index (χ2n) is 5.02. The van der Waals surface area contributed by atoms with Crippen molar-refractivity contribution in [1.29, 1.82) is 0 Å². The number of ether oxygens (including phenoxy) is 1. The Morgan fingerprint density at radius 1 is 1.12 bits per heavy atom. The zero-order valence-corrected chi connectivity index (χ0v) is 11.7. The molecule has 2 atom stereocenters. The van der Waals surface area contributed by atoms with Gasteiger partial charge in [0, 0.05) is 13.0 Å². The molecule has 1 nitrogen and oxygen atoms in total. The molecular formula is C16H28O. The molecule has 0 fully saturated rings. The van der Waals surface area contributed by atoms with E-state index in [-0.39, 0.29) is 0 Å². The zero-order chi connectivity index (χ0) is 12.5. The molecule has 0 aromatic heterocycles. The van der Waals surface area contributed by atoms with Gasteiger partial charge in [-0.15, -0.1) is 0 Å². The topological polar surface area (TPSA) is 9.23 Å². The molecule has 1 heteroatoms. The molecule has 0 saturated carbocycles. The van der Waals surface area contributed by atoms with Crippen LogP contribution >= 0.6 is 0 Å². The molecule has 0 aliphatic heterocycles. The molecule has 1 unspecified atom stereocenters. The molecule has 98 valence electrons. The van der Waals surface area contributed by atoms with Crippen LogP contribution in [0, 0.1) is 5.92 Å². The maximum atomic E-state index is 5.54. The summed E-state index contributed by atoms with van der Waals surface area (Å²) in [6.07, 6.45) is 16.4. The molecule has 0 radical (unpaired) electrons. The van der Waals surface area contributed by atoms with Crippen molar-refractivity contribution in [3.63, 3.8) is 0 Å². The Kier molecular flexibility index (Phi) is 7.27. The monoisotopic (exact) mass is 236 g/mol. The molecule has 17 heavy (non-hydrogen) atoms. The lowest BCUT2D eigenvalue weighted by molar-refractivity contribution is 0.101. The predicted molar refractivity (Wildman–Crippen MR) is 75.2 cm³/mol. The second kappa shape index (κ2) is 8.52. The molecule has 0 spiro atoms. The van der Waals surface area contributed by atoms with Crippen LogP contribution in [0.3, 0.4) is 0 Å². The van der Waals surface area contributed by atoms with Crippen molar-refractivity contribution in [3.05, 3.63) is 23.8 Å². The van der Waals surface area contributed by atoms with Gasteiger partial charge in [0.25, 0.3) is 0 Å². The third-order valence-electron chi connectivity index (χ3n) is 3.67. The Balaban J connectivity index is 2.33. The van der Waals surface area contributed by atoms with Crippen molar-refractivity contribution in [2.45, 2.75) is 64.9 Å². The van der Waals surface area contributed by atoms with Crippen molar-refractivity contribution in [3.8, 4) is 0 Å². The van der Waals surface area contributed by atoms with Crippen LogP contribution in [0.4, 0.5) is 0 Å². The number of methoxy groups -OCH3 is 1. The average Bonchev–Trinajstić information content (AvgIpc) is 2.38. The highest BCUT2D eigenvalue weighted by Crippen LogP contribution is 2.26. The molecule has 0 aromatic rings. The number of hydrogen-bond donors (Lipinski definition) is 0. The smallest absolute Gasteiger partial charge is 0.0817 e. The van der Waals surface area contributed by atoms with Gasteiger partial charge in [-0.05, 0) is 12.8 Å². The van der Waals surface area contributed by atoms with Gasteiger partial charge in [-0.1, -0.05) is 69.8 Å². The third-order valence-corrected chi connectivity index (χ3v) is 3.67. The van der Waals surface area contributed by atoms with Crippen LogP contribution in [0.5, 0.6) is 0 Å². The zero-order valence-electron chi connectivity index (χ0n) is 11.7. The quantitative estimate of drug-likeness (QED) is 0.545. The summed E-state index contributed by atoms with van der Waals surface area (Å²) in [7, 11) is 1.82. The number of rotatable bonds is 8. The van der Waals surface area contributed by atoms with E-state index in [0.29, 0.717) is 12.0 Å². The molecule has 0 saturated heterocycles. The van der Waals surface area contributed by atoms with Crippen molar-refractivity contribution in [2.24, 2.45) is 5.92 Å². The van der Waals surface area contributed by atoms with Crippen LogP contribution in [-0.4, -0.2) is 13.2 Å². The fourth-order valence-corrected chi connectivity index (χ4v) is 2.51. The third kappa shape index (κ3) is 5.08. The van der Waals surface area contributed by atoms with Crippen LogP contribution in [-0.2, 0) is 4.74 Å². The van der Waals surface area contributed by atoms with Crippen LogP contribution in [0.2, 0.25) is 0 Å². The summed E-state index contributed by atoms with van der Waals surface area (Å²) < 4.78 is 5.54. The van der Waals surface area contributed by atoms with Gasteiger partial charge < -0.3 is 4.74 Å². The van der Waals surface area contributed by atoms with E-state index in [9.17, 15) is 0 Å². The van der Waals surface area contributed by atoms with E-state index in [1.807, 2.05) is 7.11 Å². The van der Waals surface area contributed by atoms with Crippen molar-refractivity contribution < 1.29 is 4.74 Å². The van der Waals surface area contributed by atoms with Gasteiger partial charge in [0.05, 0.1) is 6.10 Å². The van der Waals surface area contributed by atoms with Gasteiger partial charge in [0.15, 0.2) is 0 Å². The Morgan fingerprint density at radius 3 is 2.53 bits per heavy atom. The highest BCUT2D eigenvalue weighted by Gasteiger charge is 2.19. The summed E-state index contributed by atoms with van der Waals surface area (Å²) in [4.78, 5) is 0. The summed E-state index contributed by atoms with van der Waals surface area (Å²) in [5, 5.41) is 0. The number of unbranched alkanes of at least 4 members (excludes halogenated alkanes) is 4. The summed E-state index contributed by atoms with van der Waals surface area (Å²) in [5.41, 5.74) is 1.47. The summed E-state index contributed by atoms with van der Waals surface area (Å²) in [6, 6.07) is 0. The molecule has 0 aromatic carbocycles. The van der Waals surface area contributed by atoms with Gasteiger partial charge in [0.1, 0.15) is 0 Å². The summed E-state index contributed by atoms with van der Waals surface area (Å²) in [5.74, 6) is 0.599. The summed E-state index contributed by atoms with van der Waals surface area (Å²) in [6.45, 7) is 4.49. The molecular weight excluding hydrogens is 208 g/mol. The highest BCUT2D eigenvalue weighted by molar-refractivity contribution is 5.26. The fourth-order valence-electron chi connectivity index (χ4n) is 2.51. The SMILES string of the molecule is CCCCCCC[C@@H]1C=C(CC)C=CC1OC. The van der Waals surface area contributed by atoms with Crippen LogP contribution < -0.4 is 0 Å². The minimum Gasteiger partial charge on any atom is -0.377 e. The van der Waals surface area contributed by atoms with Crippen LogP contribution in [0.1, 0.15) is 58.8 Å². The first-order valence-electron chi connectivity index (χ1n) is 7.23. The van der Waals surface area contributed by atoms with Crippen molar-refractivity contribution in [1.82, 2.24) is 0 Å². The minimum atomic E-state index is 0.302. The molecule has 0 heterocycles. The molecule has 1 aliphatic carbocycles. The van der Waals surface area contributed by atoms with Gasteiger partial charge >= 0.3 is 0 Å².